The van der Waals surface area contributed by atoms with Gasteiger partial charge in [0.2, 0.25) is 5.91 Å². The highest BCUT2D eigenvalue weighted by molar-refractivity contribution is 6.30. The van der Waals surface area contributed by atoms with Gasteiger partial charge < -0.3 is 5.32 Å². The molecule has 5 heteroatoms. The lowest BCUT2D eigenvalue weighted by molar-refractivity contribution is -0.120. The van der Waals surface area contributed by atoms with E-state index in [-0.39, 0.29) is 11.9 Å². The lowest BCUT2D eigenvalue weighted by Gasteiger charge is -2.24. The number of amides is 1. The van der Waals surface area contributed by atoms with E-state index in [1.807, 2.05) is 43.1 Å². The molecule has 4 nitrogen and oxygen atoms in total. The molecule has 0 aromatic heterocycles. The summed E-state index contributed by atoms with van der Waals surface area (Å²) in [5.41, 5.74) is 2.02. The van der Waals surface area contributed by atoms with Crippen molar-refractivity contribution in [2.45, 2.75) is 19.5 Å². The van der Waals surface area contributed by atoms with Gasteiger partial charge in [0.25, 0.3) is 0 Å². The number of hydrogen-bond donors (Lipinski definition) is 1. The van der Waals surface area contributed by atoms with E-state index < -0.39 is 0 Å². The fourth-order valence-corrected chi connectivity index (χ4v) is 2.40. The molecule has 0 saturated heterocycles. The number of benzene rings is 2. The van der Waals surface area contributed by atoms with E-state index in [4.69, 9.17) is 16.9 Å². The molecule has 2 rings (SSSR count). The van der Waals surface area contributed by atoms with Crippen LogP contribution in [-0.4, -0.2) is 23.9 Å². The summed E-state index contributed by atoms with van der Waals surface area (Å²) in [5, 5.41) is 12.6. The van der Waals surface area contributed by atoms with Crippen LogP contribution in [0.5, 0.6) is 0 Å². The van der Waals surface area contributed by atoms with Gasteiger partial charge in [-0.1, -0.05) is 35.9 Å². The fourth-order valence-electron chi connectivity index (χ4n) is 2.19. The van der Waals surface area contributed by atoms with Gasteiger partial charge in [-0.05, 0) is 43.8 Å². The molecule has 1 amide bonds. The Morgan fingerprint density at radius 2 is 2.04 bits per heavy atom. The lowest BCUT2D eigenvalue weighted by Crippen LogP contribution is -2.39. The Morgan fingerprint density at radius 3 is 2.74 bits per heavy atom. The van der Waals surface area contributed by atoms with E-state index in [1.54, 1.807) is 24.3 Å². The highest BCUT2D eigenvalue weighted by Crippen LogP contribution is 2.16. The van der Waals surface area contributed by atoms with Gasteiger partial charge in [0.15, 0.2) is 0 Å². The maximum Gasteiger partial charge on any atom is 0.241 e. The fraction of sp³-hybridized carbons (Fsp3) is 0.222. The van der Waals surface area contributed by atoms with E-state index >= 15 is 0 Å². The van der Waals surface area contributed by atoms with Crippen molar-refractivity contribution in [3.63, 3.8) is 0 Å². The molecule has 0 aliphatic carbocycles. The molecule has 2 aromatic carbocycles. The molecule has 0 heterocycles. The number of likely N-dealkylation sites (N-methyl/N-ethyl adjacent to an activating group) is 1. The largest absolute Gasteiger partial charge is 0.324 e. The Hall–Kier alpha value is -2.35. The highest BCUT2D eigenvalue weighted by Gasteiger charge is 2.19. The molecule has 1 atom stereocenters. The number of rotatable bonds is 5. The number of para-hydroxylation sites is 1. The minimum Gasteiger partial charge on any atom is -0.324 e. The minimum atomic E-state index is -0.347. The SMILES string of the molecule is CC(C(=O)Nc1ccccc1C#N)N(C)Cc1cccc(Cl)c1. The molecule has 1 unspecified atom stereocenters. The number of hydrogen-bond acceptors (Lipinski definition) is 3. The van der Waals surface area contributed by atoms with E-state index in [0.29, 0.717) is 22.8 Å². The van der Waals surface area contributed by atoms with Crippen molar-refractivity contribution in [3.05, 3.63) is 64.7 Å². The van der Waals surface area contributed by atoms with Crippen LogP contribution in [0.1, 0.15) is 18.1 Å². The van der Waals surface area contributed by atoms with E-state index in [0.717, 1.165) is 5.56 Å². The molecule has 0 fully saturated rings. The van der Waals surface area contributed by atoms with Gasteiger partial charge in [-0.2, -0.15) is 5.26 Å². The third kappa shape index (κ3) is 4.56. The second kappa shape index (κ2) is 7.77. The predicted molar refractivity (Wildman–Crippen MR) is 92.2 cm³/mol. The Balaban J connectivity index is 2.03. The van der Waals surface area contributed by atoms with Gasteiger partial charge in [-0.3, -0.25) is 9.69 Å². The van der Waals surface area contributed by atoms with Crippen LogP contribution in [0.15, 0.2) is 48.5 Å². The van der Waals surface area contributed by atoms with Gasteiger partial charge in [0.05, 0.1) is 17.3 Å². The molecule has 0 radical (unpaired) electrons. The van der Waals surface area contributed by atoms with E-state index in [2.05, 4.69) is 11.4 Å². The van der Waals surface area contributed by atoms with Crippen LogP contribution in [0, 0.1) is 11.3 Å². The summed E-state index contributed by atoms with van der Waals surface area (Å²) in [5.74, 6) is -0.155. The van der Waals surface area contributed by atoms with Crippen LogP contribution in [0.2, 0.25) is 5.02 Å². The average molecular weight is 328 g/mol. The molecule has 2 aromatic rings. The molecule has 1 N–H and O–H groups in total. The van der Waals surface area contributed by atoms with Crippen LogP contribution in [0.4, 0.5) is 5.69 Å². The number of anilines is 1. The molecule has 0 saturated carbocycles. The first-order valence-electron chi connectivity index (χ1n) is 7.26. The Kier molecular flexibility index (Phi) is 5.75. The summed E-state index contributed by atoms with van der Waals surface area (Å²) >= 11 is 5.98. The second-order valence-electron chi connectivity index (χ2n) is 5.37. The number of halogens is 1. The van der Waals surface area contributed by atoms with Crippen molar-refractivity contribution >= 4 is 23.2 Å². The molecule has 0 aliphatic heterocycles. The molecular formula is C18H18ClN3O. The smallest absolute Gasteiger partial charge is 0.241 e. The zero-order valence-corrected chi connectivity index (χ0v) is 13.8. The van der Waals surface area contributed by atoms with Gasteiger partial charge in [0.1, 0.15) is 6.07 Å². The number of nitriles is 1. The van der Waals surface area contributed by atoms with Crippen molar-refractivity contribution in [1.29, 1.82) is 5.26 Å². The van der Waals surface area contributed by atoms with Crippen molar-refractivity contribution in [2.75, 3.05) is 12.4 Å². The summed E-state index contributed by atoms with van der Waals surface area (Å²) in [7, 11) is 1.88. The molecule has 23 heavy (non-hydrogen) atoms. The Bertz CT molecular complexity index is 739. The quantitative estimate of drug-likeness (QED) is 0.911. The van der Waals surface area contributed by atoms with Crippen LogP contribution >= 0.6 is 11.6 Å². The zero-order chi connectivity index (χ0) is 16.8. The monoisotopic (exact) mass is 327 g/mol. The summed E-state index contributed by atoms with van der Waals surface area (Å²) in [6, 6.07) is 16.2. The van der Waals surface area contributed by atoms with Crippen LogP contribution < -0.4 is 5.32 Å². The molecule has 0 aliphatic rings. The Labute approximate surface area is 141 Å². The second-order valence-corrected chi connectivity index (χ2v) is 5.80. The molecule has 0 bridgehead atoms. The average Bonchev–Trinajstić information content (AvgIpc) is 2.54. The highest BCUT2D eigenvalue weighted by atomic mass is 35.5. The van der Waals surface area contributed by atoms with Crippen molar-refractivity contribution in [1.82, 2.24) is 4.90 Å². The molecular weight excluding hydrogens is 310 g/mol. The number of carbonyl (C=O) groups is 1. The first-order chi connectivity index (χ1) is 11.0. The van der Waals surface area contributed by atoms with Crippen molar-refractivity contribution in [3.8, 4) is 6.07 Å². The summed E-state index contributed by atoms with van der Waals surface area (Å²) in [4.78, 5) is 14.3. The zero-order valence-electron chi connectivity index (χ0n) is 13.1. The van der Waals surface area contributed by atoms with Gasteiger partial charge in [0, 0.05) is 11.6 Å². The van der Waals surface area contributed by atoms with Gasteiger partial charge in [-0.15, -0.1) is 0 Å². The summed E-state index contributed by atoms with van der Waals surface area (Å²) in [6.45, 7) is 2.43. The lowest BCUT2D eigenvalue weighted by atomic mass is 10.1. The van der Waals surface area contributed by atoms with Crippen molar-refractivity contribution in [2.24, 2.45) is 0 Å². The van der Waals surface area contributed by atoms with E-state index in [9.17, 15) is 4.79 Å². The van der Waals surface area contributed by atoms with Crippen molar-refractivity contribution < 1.29 is 4.79 Å². The normalized spacial score (nSPS) is 11.8. The van der Waals surface area contributed by atoms with Gasteiger partial charge >= 0.3 is 0 Å². The maximum absolute atomic E-state index is 12.4. The third-order valence-corrected chi connectivity index (χ3v) is 3.90. The van der Waals surface area contributed by atoms with Gasteiger partial charge in [-0.25, -0.2) is 0 Å². The standard InChI is InChI=1S/C18H18ClN3O/c1-13(22(2)12-14-6-5-8-16(19)10-14)18(23)21-17-9-4-3-7-15(17)11-20/h3-10,13H,12H2,1-2H3,(H,21,23). The first kappa shape index (κ1) is 17.0. The number of nitrogens with one attached hydrogen (secondary N) is 1. The van der Waals surface area contributed by atoms with Crippen LogP contribution in [0.25, 0.3) is 0 Å². The molecule has 0 spiro atoms. The van der Waals surface area contributed by atoms with E-state index in [1.165, 1.54) is 0 Å². The topological polar surface area (TPSA) is 56.1 Å². The predicted octanol–water partition coefficient (Wildman–Crippen LogP) is 3.67. The maximum atomic E-state index is 12.4. The van der Waals surface area contributed by atoms with Crippen LogP contribution in [-0.2, 0) is 11.3 Å². The summed E-state index contributed by atoms with van der Waals surface area (Å²) < 4.78 is 0. The minimum absolute atomic E-state index is 0.155. The summed E-state index contributed by atoms with van der Waals surface area (Å²) in [6.07, 6.45) is 0. The number of nitrogens with zero attached hydrogens (tertiary/aromatic N) is 2. The molecule has 118 valence electrons. The third-order valence-electron chi connectivity index (χ3n) is 3.67. The first-order valence-corrected chi connectivity index (χ1v) is 7.63. The van der Waals surface area contributed by atoms with Crippen LogP contribution in [0.3, 0.4) is 0 Å². The number of carbonyl (C=O) groups excluding carboxylic acids is 1. The Morgan fingerprint density at radius 1 is 1.30 bits per heavy atom.